The molecule has 0 saturated heterocycles. The molecule has 0 unspecified atom stereocenters. The maximum absolute atomic E-state index is 12.5. The first-order chi connectivity index (χ1) is 11.1. The molecule has 0 bridgehead atoms. The van der Waals surface area contributed by atoms with Crippen LogP contribution in [0.1, 0.15) is 40.4 Å². The van der Waals surface area contributed by atoms with Crippen molar-refractivity contribution in [3.05, 3.63) is 50.1 Å². The molecule has 0 aliphatic heterocycles. The Bertz CT molecular complexity index is 904. The van der Waals surface area contributed by atoms with Gasteiger partial charge in [0.25, 0.3) is 5.91 Å². The van der Waals surface area contributed by atoms with Gasteiger partial charge < -0.3 is 15.3 Å². The Kier molecular flexibility index (Phi) is 4.34. The van der Waals surface area contributed by atoms with E-state index in [-0.39, 0.29) is 11.6 Å². The van der Waals surface area contributed by atoms with Crippen LogP contribution in [0, 0.1) is 0 Å². The van der Waals surface area contributed by atoms with Crippen LogP contribution in [-0.2, 0) is 12.8 Å². The number of carbonyl (C=O) groups is 1. The Morgan fingerprint density at radius 3 is 2.70 bits per heavy atom. The third-order valence-corrected chi connectivity index (χ3v) is 4.99. The van der Waals surface area contributed by atoms with Gasteiger partial charge in [0.05, 0.1) is 15.9 Å². The molecule has 3 N–H and O–H groups in total. The number of carbonyl (C=O) groups excluding carboxylic acids is 1. The van der Waals surface area contributed by atoms with Crippen molar-refractivity contribution in [3.63, 3.8) is 0 Å². The molecule has 6 heteroatoms. The minimum Gasteiger partial charge on any atom is -0.321 e. The van der Waals surface area contributed by atoms with Gasteiger partial charge in [0.2, 0.25) is 0 Å². The molecule has 3 rings (SSSR count). The number of benzene rings is 1. The third-order valence-electron chi connectivity index (χ3n) is 3.75. The zero-order chi connectivity index (χ0) is 16.4. The molecule has 1 aromatic carbocycles. The van der Waals surface area contributed by atoms with E-state index in [0.717, 1.165) is 29.7 Å². The first-order valence-electron chi connectivity index (χ1n) is 7.75. The van der Waals surface area contributed by atoms with Crippen LogP contribution < -0.4 is 11.0 Å². The summed E-state index contributed by atoms with van der Waals surface area (Å²) in [6.07, 6.45) is 3.03. The molecule has 0 radical (unpaired) electrons. The summed E-state index contributed by atoms with van der Waals surface area (Å²) < 4.78 is 0. The highest BCUT2D eigenvalue weighted by Crippen LogP contribution is 2.26. The number of nitrogens with one attached hydrogen (secondary N) is 3. The summed E-state index contributed by atoms with van der Waals surface area (Å²) in [4.78, 5) is 31.1. The standard InChI is InChI=1S/C17H19N3O2S/c1-3-5-14-10(4-2)8-15(23-14)16(21)18-11-6-7-12-13(9-11)20-17(22)19-12/h6-9H,3-5H2,1-2H3,(H,18,21)(H2,19,20,22). The summed E-state index contributed by atoms with van der Waals surface area (Å²) in [6.45, 7) is 4.25. The lowest BCUT2D eigenvalue weighted by molar-refractivity contribution is 0.103. The van der Waals surface area contributed by atoms with E-state index in [9.17, 15) is 9.59 Å². The van der Waals surface area contributed by atoms with Gasteiger partial charge in [-0.05, 0) is 42.7 Å². The number of amides is 1. The zero-order valence-corrected chi connectivity index (χ0v) is 14.0. The van der Waals surface area contributed by atoms with Crippen LogP contribution in [0.15, 0.2) is 29.1 Å². The monoisotopic (exact) mass is 329 g/mol. The SMILES string of the molecule is CCCc1sc(C(=O)Nc2ccc3[nH]c(=O)[nH]c3c2)cc1CC. The number of rotatable bonds is 5. The summed E-state index contributed by atoms with van der Waals surface area (Å²) in [6, 6.07) is 7.30. The lowest BCUT2D eigenvalue weighted by atomic mass is 10.1. The van der Waals surface area contributed by atoms with Crippen LogP contribution in [0.2, 0.25) is 0 Å². The van der Waals surface area contributed by atoms with Gasteiger partial charge in [-0.25, -0.2) is 4.79 Å². The maximum atomic E-state index is 12.5. The molecular formula is C17H19N3O2S. The van der Waals surface area contributed by atoms with E-state index in [1.54, 1.807) is 29.5 Å². The van der Waals surface area contributed by atoms with Crippen molar-refractivity contribution in [1.29, 1.82) is 0 Å². The molecule has 2 heterocycles. The number of imidazole rings is 1. The topological polar surface area (TPSA) is 77.8 Å². The van der Waals surface area contributed by atoms with E-state index in [2.05, 4.69) is 29.1 Å². The van der Waals surface area contributed by atoms with Crippen molar-refractivity contribution in [2.75, 3.05) is 5.32 Å². The average molecular weight is 329 g/mol. The van der Waals surface area contributed by atoms with E-state index in [0.29, 0.717) is 11.2 Å². The van der Waals surface area contributed by atoms with Gasteiger partial charge in [-0.15, -0.1) is 11.3 Å². The van der Waals surface area contributed by atoms with Gasteiger partial charge in [-0.3, -0.25) is 4.79 Å². The van der Waals surface area contributed by atoms with Crippen molar-refractivity contribution in [2.45, 2.75) is 33.1 Å². The van der Waals surface area contributed by atoms with Crippen LogP contribution >= 0.6 is 11.3 Å². The van der Waals surface area contributed by atoms with Gasteiger partial charge in [0.1, 0.15) is 0 Å². The van der Waals surface area contributed by atoms with E-state index >= 15 is 0 Å². The number of thiophene rings is 1. The molecule has 0 spiro atoms. The summed E-state index contributed by atoms with van der Waals surface area (Å²) in [7, 11) is 0. The highest BCUT2D eigenvalue weighted by atomic mass is 32.1. The van der Waals surface area contributed by atoms with Gasteiger partial charge in [-0.1, -0.05) is 20.3 Å². The molecule has 5 nitrogen and oxygen atoms in total. The summed E-state index contributed by atoms with van der Waals surface area (Å²) >= 11 is 1.57. The minimum atomic E-state index is -0.251. The molecule has 120 valence electrons. The van der Waals surface area contributed by atoms with E-state index < -0.39 is 0 Å². The largest absolute Gasteiger partial charge is 0.323 e. The predicted molar refractivity (Wildman–Crippen MR) is 94.6 cm³/mol. The molecule has 0 aliphatic carbocycles. The fraction of sp³-hybridized carbons (Fsp3) is 0.294. The van der Waals surface area contributed by atoms with E-state index in [4.69, 9.17) is 0 Å². The van der Waals surface area contributed by atoms with Crippen molar-refractivity contribution >= 4 is 34.0 Å². The van der Waals surface area contributed by atoms with E-state index in [1.807, 2.05) is 6.07 Å². The van der Waals surface area contributed by atoms with Crippen molar-refractivity contribution in [3.8, 4) is 0 Å². The van der Waals surface area contributed by atoms with Gasteiger partial charge >= 0.3 is 5.69 Å². The van der Waals surface area contributed by atoms with Crippen molar-refractivity contribution in [1.82, 2.24) is 9.97 Å². The molecule has 23 heavy (non-hydrogen) atoms. The fourth-order valence-corrected chi connectivity index (χ4v) is 3.87. The second-order valence-corrected chi connectivity index (χ2v) is 6.59. The molecule has 0 fully saturated rings. The number of H-pyrrole nitrogens is 2. The summed E-state index contributed by atoms with van der Waals surface area (Å²) in [5.74, 6) is -0.107. The number of hydrogen-bond donors (Lipinski definition) is 3. The third kappa shape index (κ3) is 3.22. The smallest absolute Gasteiger partial charge is 0.321 e. The molecule has 3 aromatic rings. The first-order valence-corrected chi connectivity index (χ1v) is 8.57. The molecule has 0 aliphatic rings. The Morgan fingerprint density at radius 1 is 1.17 bits per heavy atom. The Labute approximate surface area is 137 Å². The Hall–Kier alpha value is -2.34. The Balaban J connectivity index is 1.83. The van der Waals surface area contributed by atoms with Crippen LogP contribution in [0.3, 0.4) is 0 Å². The van der Waals surface area contributed by atoms with Crippen molar-refractivity contribution in [2.24, 2.45) is 0 Å². The summed E-state index contributed by atoms with van der Waals surface area (Å²) in [5, 5.41) is 2.90. The number of aryl methyl sites for hydroxylation is 2. The van der Waals surface area contributed by atoms with Crippen LogP contribution in [0.4, 0.5) is 5.69 Å². The Morgan fingerprint density at radius 2 is 1.96 bits per heavy atom. The normalized spacial score (nSPS) is 11.0. The number of anilines is 1. The zero-order valence-electron chi connectivity index (χ0n) is 13.2. The highest BCUT2D eigenvalue weighted by Gasteiger charge is 2.14. The number of aromatic nitrogens is 2. The lowest BCUT2D eigenvalue weighted by Crippen LogP contribution is -2.10. The fourth-order valence-electron chi connectivity index (χ4n) is 2.62. The lowest BCUT2D eigenvalue weighted by Gasteiger charge is -2.03. The number of fused-ring (bicyclic) bond motifs is 1. The predicted octanol–water partition coefficient (Wildman–Crippen LogP) is 3.68. The average Bonchev–Trinajstić information content (AvgIpc) is 3.09. The maximum Gasteiger partial charge on any atom is 0.323 e. The second kappa shape index (κ2) is 6.42. The van der Waals surface area contributed by atoms with Gasteiger partial charge in [0, 0.05) is 10.6 Å². The quantitative estimate of drug-likeness (QED) is 0.667. The highest BCUT2D eigenvalue weighted by molar-refractivity contribution is 7.14. The van der Waals surface area contributed by atoms with E-state index in [1.165, 1.54) is 10.4 Å². The molecule has 2 aromatic heterocycles. The molecule has 1 amide bonds. The van der Waals surface area contributed by atoms with Gasteiger partial charge in [-0.2, -0.15) is 0 Å². The van der Waals surface area contributed by atoms with Gasteiger partial charge in [0.15, 0.2) is 0 Å². The van der Waals surface area contributed by atoms with Crippen molar-refractivity contribution < 1.29 is 4.79 Å². The van der Waals surface area contributed by atoms with Crippen LogP contribution in [0.5, 0.6) is 0 Å². The minimum absolute atomic E-state index is 0.107. The van der Waals surface area contributed by atoms with Crippen LogP contribution in [0.25, 0.3) is 11.0 Å². The summed E-state index contributed by atoms with van der Waals surface area (Å²) in [5.41, 5.74) is 3.08. The number of aromatic amines is 2. The molecule has 0 saturated carbocycles. The second-order valence-electron chi connectivity index (χ2n) is 5.46. The number of hydrogen-bond acceptors (Lipinski definition) is 3. The first kappa shape index (κ1) is 15.6. The molecular weight excluding hydrogens is 310 g/mol. The van der Waals surface area contributed by atoms with Crippen LogP contribution in [-0.4, -0.2) is 15.9 Å². The molecule has 0 atom stereocenters.